The van der Waals surface area contributed by atoms with Gasteiger partial charge in [-0.05, 0) is 44.0 Å². The number of benzene rings is 1. The third-order valence-electron chi connectivity index (χ3n) is 2.66. The number of aryl methyl sites for hydroxylation is 2. The molecule has 0 spiro atoms. The van der Waals surface area contributed by atoms with E-state index in [0.29, 0.717) is 6.61 Å². The van der Waals surface area contributed by atoms with Gasteiger partial charge in [-0.15, -0.1) is 0 Å². The van der Waals surface area contributed by atoms with Crippen LogP contribution in [0.1, 0.15) is 28.4 Å². The van der Waals surface area contributed by atoms with E-state index in [1.807, 2.05) is 26.0 Å². The molecule has 2 rings (SSSR count). The van der Waals surface area contributed by atoms with Gasteiger partial charge in [-0.3, -0.25) is 0 Å². The van der Waals surface area contributed by atoms with Gasteiger partial charge in [0.05, 0.1) is 18.5 Å². The second-order valence-electron chi connectivity index (χ2n) is 4.33. The first-order valence-corrected chi connectivity index (χ1v) is 6.40. The minimum atomic E-state index is -0.455. The van der Waals surface area contributed by atoms with Crippen molar-refractivity contribution in [3.8, 4) is 5.69 Å². The molecule has 0 fully saturated rings. The number of halogens is 1. The molecule has 0 aliphatic heterocycles. The molecule has 0 aliphatic carbocycles. The fraction of sp³-hybridized carbons (Fsp3) is 0.286. The van der Waals surface area contributed by atoms with E-state index in [1.165, 1.54) is 10.9 Å². The standard InChI is InChI=1S/C14H15ClN2O2/c1-4-19-14(18)12-8-16-17(13(12)15)11-6-9(2)5-10(3)7-11/h5-8H,4H2,1-3H3. The molecule has 0 unspecified atom stereocenters. The van der Waals surface area contributed by atoms with Gasteiger partial charge in [0.25, 0.3) is 0 Å². The molecule has 0 radical (unpaired) electrons. The zero-order chi connectivity index (χ0) is 14.0. The van der Waals surface area contributed by atoms with Crippen molar-refractivity contribution >= 4 is 17.6 Å². The lowest BCUT2D eigenvalue weighted by Gasteiger charge is -2.06. The van der Waals surface area contributed by atoms with Crippen LogP contribution in [0.3, 0.4) is 0 Å². The normalized spacial score (nSPS) is 10.5. The smallest absolute Gasteiger partial charge is 0.342 e. The van der Waals surface area contributed by atoms with E-state index in [0.717, 1.165) is 16.8 Å². The largest absolute Gasteiger partial charge is 0.462 e. The van der Waals surface area contributed by atoms with Crippen molar-refractivity contribution in [1.82, 2.24) is 9.78 Å². The molecule has 0 bridgehead atoms. The molecule has 2 aromatic rings. The highest BCUT2D eigenvalue weighted by molar-refractivity contribution is 6.32. The summed E-state index contributed by atoms with van der Waals surface area (Å²) in [6.45, 7) is 6.06. The zero-order valence-electron chi connectivity index (χ0n) is 11.1. The Morgan fingerprint density at radius 2 is 1.95 bits per heavy atom. The van der Waals surface area contributed by atoms with E-state index >= 15 is 0 Å². The Balaban J connectivity index is 2.44. The summed E-state index contributed by atoms with van der Waals surface area (Å²) >= 11 is 6.19. The zero-order valence-corrected chi connectivity index (χ0v) is 11.9. The van der Waals surface area contributed by atoms with Crippen molar-refractivity contribution in [3.63, 3.8) is 0 Å². The van der Waals surface area contributed by atoms with E-state index in [4.69, 9.17) is 16.3 Å². The van der Waals surface area contributed by atoms with Crippen LogP contribution < -0.4 is 0 Å². The Bertz CT molecular complexity index is 600. The molecule has 5 heteroatoms. The van der Waals surface area contributed by atoms with Crippen LogP contribution in [-0.2, 0) is 4.74 Å². The molecule has 0 atom stereocenters. The van der Waals surface area contributed by atoms with Crippen molar-refractivity contribution in [2.45, 2.75) is 20.8 Å². The molecule has 1 aromatic heterocycles. The van der Waals surface area contributed by atoms with Crippen LogP contribution in [0.5, 0.6) is 0 Å². The van der Waals surface area contributed by atoms with Crippen molar-refractivity contribution in [1.29, 1.82) is 0 Å². The lowest BCUT2D eigenvalue weighted by atomic mass is 10.1. The molecule has 0 aliphatic rings. The highest BCUT2D eigenvalue weighted by Gasteiger charge is 2.17. The molecule has 19 heavy (non-hydrogen) atoms. The average Bonchev–Trinajstić information content (AvgIpc) is 2.70. The first-order valence-electron chi connectivity index (χ1n) is 6.02. The Morgan fingerprint density at radius 1 is 1.32 bits per heavy atom. The van der Waals surface area contributed by atoms with E-state index in [1.54, 1.807) is 6.92 Å². The maximum atomic E-state index is 11.7. The summed E-state index contributed by atoms with van der Waals surface area (Å²) in [5.74, 6) is -0.455. The number of nitrogens with zero attached hydrogens (tertiary/aromatic N) is 2. The summed E-state index contributed by atoms with van der Waals surface area (Å²) in [5, 5.41) is 4.42. The van der Waals surface area contributed by atoms with E-state index in [9.17, 15) is 4.79 Å². The summed E-state index contributed by atoms with van der Waals surface area (Å²) in [6, 6.07) is 5.98. The highest BCUT2D eigenvalue weighted by Crippen LogP contribution is 2.22. The number of esters is 1. The van der Waals surface area contributed by atoms with Crippen LogP contribution in [0.25, 0.3) is 5.69 Å². The summed E-state index contributed by atoms with van der Waals surface area (Å²) in [4.78, 5) is 11.7. The molecular weight excluding hydrogens is 264 g/mol. The van der Waals surface area contributed by atoms with E-state index in [-0.39, 0.29) is 10.7 Å². The van der Waals surface area contributed by atoms with Crippen LogP contribution >= 0.6 is 11.6 Å². The minimum absolute atomic E-state index is 0.267. The van der Waals surface area contributed by atoms with Gasteiger partial charge in [0.2, 0.25) is 0 Å². The molecule has 1 aromatic carbocycles. The Labute approximate surface area is 116 Å². The number of rotatable bonds is 3. The second kappa shape index (κ2) is 5.45. The molecule has 0 saturated heterocycles. The number of aromatic nitrogens is 2. The Hall–Kier alpha value is -1.81. The number of ether oxygens (including phenoxy) is 1. The van der Waals surface area contributed by atoms with Crippen molar-refractivity contribution < 1.29 is 9.53 Å². The molecule has 0 N–H and O–H groups in total. The molecule has 100 valence electrons. The number of hydrogen-bond acceptors (Lipinski definition) is 3. The fourth-order valence-electron chi connectivity index (χ4n) is 1.93. The number of hydrogen-bond donors (Lipinski definition) is 0. The predicted molar refractivity (Wildman–Crippen MR) is 74.0 cm³/mol. The van der Waals surface area contributed by atoms with Crippen LogP contribution in [-0.4, -0.2) is 22.4 Å². The number of carbonyl (C=O) groups excluding carboxylic acids is 1. The molecule has 0 saturated carbocycles. The van der Waals surface area contributed by atoms with Gasteiger partial charge in [-0.25, -0.2) is 9.48 Å². The summed E-state index contributed by atoms with van der Waals surface area (Å²) < 4.78 is 6.46. The molecule has 1 heterocycles. The second-order valence-corrected chi connectivity index (χ2v) is 4.69. The van der Waals surface area contributed by atoms with Gasteiger partial charge in [0, 0.05) is 0 Å². The van der Waals surface area contributed by atoms with Gasteiger partial charge >= 0.3 is 5.97 Å². The first kappa shape index (κ1) is 13.6. The molecule has 4 nitrogen and oxygen atoms in total. The van der Waals surface area contributed by atoms with Gasteiger partial charge < -0.3 is 4.74 Å². The average molecular weight is 279 g/mol. The van der Waals surface area contributed by atoms with Gasteiger partial charge in [0.1, 0.15) is 10.7 Å². The summed E-state index contributed by atoms with van der Waals surface area (Å²) in [5.41, 5.74) is 3.33. The van der Waals surface area contributed by atoms with Gasteiger partial charge in [-0.1, -0.05) is 17.7 Å². The lowest BCUT2D eigenvalue weighted by Crippen LogP contribution is -2.05. The van der Waals surface area contributed by atoms with Crippen molar-refractivity contribution in [2.75, 3.05) is 6.61 Å². The van der Waals surface area contributed by atoms with E-state index < -0.39 is 5.97 Å². The van der Waals surface area contributed by atoms with Crippen LogP contribution in [0.4, 0.5) is 0 Å². The van der Waals surface area contributed by atoms with E-state index in [2.05, 4.69) is 11.2 Å². The quantitative estimate of drug-likeness (QED) is 0.809. The maximum absolute atomic E-state index is 11.7. The number of carbonyl (C=O) groups is 1. The highest BCUT2D eigenvalue weighted by atomic mass is 35.5. The molecule has 0 amide bonds. The van der Waals surface area contributed by atoms with Crippen LogP contribution in [0.15, 0.2) is 24.4 Å². The topological polar surface area (TPSA) is 44.1 Å². The minimum Gasteiger partial charge on any atom is -0.462 e. The first-order chi connectivity index (χ1) is 9.02. The van der Waals surface area contributed by atoms with Gasteiger partial charge in [-0.2, -0.15) is 5.10 Å². The van der Waals surface area contributed by atoms with Gasteiger partial charge in [0.15, 0.2) is 0 Å². The van der Waals surface area contributed by atoms with Crippen molar-refractivity contribution in [3.05, 3.63) is 46.2 Å². The SMILES string of the molecule is CCOC(=O)c1cnn(-c2cc(C)cc(C)c2)c1Cl. The van der Waals surface area contributed by atoms with Crippen LogP contribution in [0, 0.1) is 13.8 Å². The van der Waals surface area contributed by atoms with Crippen LogP contribution in [0.2, 0.25) is 5.15 Å². The Kier molecular flexibility index (Phi) is 3.90. The Morgan fingerprint density at radius 3 is 2.53 bits per heavy atom. The summed E-state index contributed by atoms with van der Waals surface area (Å²) in [7, 11) is 0. The fourth-order valence-corrected chi connectivity index (χ4v) is 2.20. The third-order valence-corrected chi connectivity index (χ3v) is 3.02. The third kappa shape index (κ3) is 2.79. The monoisotopic (exact) mass is 278 g/mol. The summed E-state index contributed by atoms with van der Waals surface area (Å²) in [6.07, 6.45) is 1.43. The van der Waals surface area contributed by atoms with Crippen molar-refractivity contribution in [2.24, 2.45) is 0 Å². The molecular formula is C14H15ClN2O2. The maximum Gasteiger partial charge on any atom is 0.342 e. The lowest BCUT2D eigenvalue weighted by molar-refractivity contribution is 0.0526. The predicted octanol–water partition coefficient (Wildman–Crippen LogP) is 3.32.